The summed E-state index contributed by atoms with van der Waals surface area (Å²) in [5, 5.41) is 4.16. The molecule has 0 bridgehead atoms. The van der Waals surface area contributed by atoms with E-state index < -0.39 is 0 Å². The van der Waals surface area contributed by atoms with Crippen LogP contribution >= 0.6 is 0 Å². The van der Waals surface area contributed by atoms with Gasteiger partial charge in [-0.1, -0.05) is 37.2 Å². The predicted molar refractivity (Wildman–Crippen MR) is 79.3 cm³/mol. The minimum absolute atomic E-state index is 0.0228. The fourth-order valence-corrected chi connectivity index (χ4v) is 3.02. The summed E-state index contributed by atoms with van der Waals surface area (Å²) in [7, 11) is 0. The van der Waals surface area contributed by atoms with Gasteiger partial charge >= 0.3 is 0 Å². The lowest BCUT2D eigenvalue weighted by atomic mass is 9.89. The molecule has 1 aromatic heterocycles. The first kappa shape index (κ1) is 14.1. The summed E-state index contributed by atoms with van der Waals surface area (Å²) in [5.74, 6) is 2.68. The van der Waals surface area contributed by atoms with Crippen molar-refractivity contribution in [2.75, 3.05) is 6.61 Å². The second-order valence-corrected chi connectivity index (χ2v) is 6.02. The van der Waals surface area contributed by atoms with E-state index in [0.717, 1.165) is 11.3 Å². The number of benzene rings is 1. The van der Waals surface area contributed by atoms with Crippen LogP contribution in [0.5, 0.6) is 5.75 Å². The lowest BCUT2D eigenvalue weighted by Gasteiger charge is -2.20. The lowest BCUT2D eigenvalue weighted by molar-refractivity contribution is 0.295. The first-order valence-corrected chi connectivity index (χ1v) is 7.38. The molecular formula is C16H21N3O2. The van der Waals surface area contributed by atoms with Crippen molar-refractivity contribution in [3.63, 3.8) is 0 Å². The number of fused-ring (bicyclic) bond motifs is 1. The molecule has 2 N–H and O–H groups in total. The number of ether oxygens (including phenoxy) is 1. The van der Waals surface area contributed by atoms with Crippen molar-refractivity contribution < 1.29 is 9.26 Å². The molecule has 5 heteroatoms. The minimum atomic E-state index is -0.0228. The first-order valence-electron chi connectivity index (χ1n) is 7.38. The van der Waals surface area contributed by atoms with Crippen molar-refractivity contribution in [2.45, 2.75) is 38.6 Å². The molecule has 2 heterocycles. The van der Waals surface area contributed by atoms with Crippen molar-refractivity contribution in [1.29, 1.82) is 0 Å². The van der Waals surface area contributed by atoms with Crippen molar-refractivity contribution in [3.8, 4) is 5.75 Å². The molecule has 5 nitrogen and oxygen atoms in total. The quantitative estimate of drug-likeness (QED) is 0.935. The van der Waals surface area contributed by atoms with E-state index in [9.17, 15) is 0 Å². The number of nitrogens with two attached hydrogens (primary N) is 1. The smallest absolute Gasteiger partial charge is 0.231 e. The molecule has 0 saturated carbocycles. The number of nitrogens with zero attached hydrogens (tertiary/aromatic N) is 2. The monoisotopic (exact) mass is 287 g/mol. The molecule has 0 amide bonds. The van der Waals surface area contributed by atoms with E-state index in [4.69, 9.17) is 15.0 Å². The van der Waals surface area contributed by atoms with E-state index in [2.05, 4.69) is 30.1 Å². The van der Waals surface area contributed by atoms with Gasteiger partial charge in [-0.05, 0) is 18.9 Å². The third-order valence-corrected chi connectivity index (χ3v) is 4.04. The third kappa shape index (κ3) is 2.53. The normalized spacial score (nSPS) is 20.1. The van der Waals surface area contributed by atoms with Gasteiger partial charge in [-0.3, -0.25) is 0 Å². The molecule has 112 valence electrons. The number of hydrogen-bond acceptors (Lipinski definition) is 5. The molecular weight excluding hydrogens is 266 g/mol. The van der Waals surface area contributed by atoms with Gasteiger partial charge in [-0.15, -0.1) is 0 Å². The van der Waals surface area contributed by atoms with Crippen LogP contribution in [0.2, 0.25) is 0 Å². The zero-order valence-corrected chi connectivity index (χ0v) is 12.6. The highest BCUT2D eigenvalue weighted by molar-refractivity contribution is 5.42. The molecule has 0 radical (unpaired) electrons. The Morgan fingerprint density at radius 3 is 2.71 bits per heavy atom. The van der Waals surface area contributed by atoms with Crippen molar-refractivity contribution in [3.05, 3.63) is 41.5 Å². The summed E-state index contributed by atoms with van der Waals surface area (Å²) in [6.45, 7) is 6.77. The second-order valence-electron chi connectivity index (χ2n) is 6.02. The Morgan fingerprint density at radius 1 is 1.24 bits per heavy atom. The summed E-state index contributed by atoms with van der Waals surface area (Å²) < 4.78 is 11.2. The van der Waals surface area contributed by atoms with E-state index in [0.29, 0.717) is 24.2 Å². The second kappa shape index (κ2) is 5.48. The molecule has 3 unspecified atom stereocenters. The fraction of sp³-hybridized carbons (Fsp3) is 0.500. The molecule has 0 saturated heterocycles. The minimum Gasteiger partial charge on any atom is -0.492 e. The Labute approximate surface area is 124 Å². The van der Waals surface area contributed by atoms with Crippen molar-refractivity contribution in [1.82, 2.24) is 10.1 Å². The van der Waals surface area contributed by atoms with Crippen LogP contribution in [-0.4, -0.2) is 22.8 Å². The van der Waals surface area contributed by atoms with Crippen LogP contribution in [0.1, 0.15) is 49.9 Å². The van der Waals surface area contributed by atoms with Crippen LogP contribution in [0.3, 0.4) is 0 Å². The van der Waals surface area contributed by atoms with Gasteiger partial charge < -0.3 is 15.0 Å². The van der Waals surface area contributed by atoms with Gasteiger partial charge in [0.25, 0.3) is 0 Å². The molecule has 0 aliphatic carbocycles. The van der Waals surface area contributed by atoms with Crippen molar-refractivity contribution >= 4 is 0 Å². The summed E-state index contributed by atoms with van der Waals surface area (Å²) in [6.07, 6.45) is 0. The largest absolute Gasteiger partial charge is 0.492 e. The van der Waals surface area contributed by atoms with Crippen LogP contribution in [0, 0.1) is 5.92 Å². The van der Waals surface area contributed by atoms with E-state index >= 15 is 0 Å². The number of aromatic nitrogens is 2. The SMILES string of the molecule is CC(C)C(c1nc(C2COc3ccccc32)no1)C(C)N. The Kier molecular flexibility index (Phi) is 3.68. The van der Waals surface area contributed by atoms with Gasteiger partial charge in [0.05, 0.1) is 11.8 Å². The zero-order chi connectivity index (χ0) is 15.0. The summed E-state index contributed by atoms with van der Waals surface area (Å²) in [6, 6.07) is 7.96. The number of rotatable bonds is 4. The van der Waals surface area contributed by atoms with Crippen LogP contribution in [0.15, 0.2) is 28.8 Å². The van der Waals surface area contributed by atoms with E-state index in [-0.39, 0.29) is 17.9 Å². The molecule has 3 rings (SSSR count). The van der Waals surface area contributed by atoms with Crippen LogP contribution < -0.4 is 10.5 Å². The Morgan fingerprint density at radius 2 is 2.00 bits per heavy atom. The van der Waals surface area contributed by atoms with Crippen LogP contribution in [0.4, 0.5) is 0 Å². The van der Waals surface area contributed by atoms with Gasteiger partial charge in [0.15, 0.2) is 5.82 Å². The highest BCUT2D eigenvalue weighted by atomic mass is 16.5. The van der Waals surface area contributed by atoms with Gasteiger partial charge in [-0.2, -0.15) is 4.98 Å². The average molecular weight is 287 g/mol. The maximum absolute atomic E-state index is 6.06. The Hall–Kier alpha value is -1.88. The molecule has 3 atom stereocenters. The van der Waals surface area contributed by atoms with E-state index in [1.165, 1.54) is 0 Å². The fourth-order valence-electron chi connectivity index (χ4n) is 3.02. The Bertz CT molecular complexity index is 613. The van der Waals surface area contributed by atoms with Gasteiger partial charge in [0, 0.05) is 11.6 Å². The number of hydrogen-bond donors (Lipinski definition) is 1. The standard InChI is InChI=1S/C16H21N3O2/c1-9(2)14(10(3)17)16-18-15(19-21-16)12-8-20-13-7-5-4-6-11(12)13/h4-7,9-10,12,14H,8,17H2,1-3H3. The first-order chi connectivity index (χ1) is 10.1. The highest BCUT2D eigenvalue weighted by Gasteiger charge is 2.32. The number of para-hydroxylation sites is 1. The molecule has 0 spiro atoms. The lowest BCUT2D eigenvalue weighted by Crippen LogP contribution is -2.28. The predicted octanol–water partition coefficient (Wildman–Crippen LogP) is 2.68. The molecule has 1 aliphatic heterocycles. The van der Waals surface area contributed by atoms with E-state index in [1.54, 1.807) is 0 Å². The van der Waals surface area contributed by atoms with Gasteiger partial charge in [0.1, 0.15) is 12.4 Å². The molecule has 1 aromatic carbocycles. The molecule has 1 aliphatic rings. The third-order valence-electron chi connectivity index (χ3n) is 4.04. The van der Waals surface area contributed by atoms with Crippen LogP contribution in [0.25, 0.3) is 0 Å². The van der Waals surface area contributed by atoms with E-state index in [1.807, 2.05) is 25.1 Å². The Balaban J connectivity index is 1.89. The maximum Gasteiger partial charge on any atom is 0.231 e. The summed E-state index contributed by atoms with van der Waals surface area (Å²) in [4.78, 5) is 4.60. The molecule has 2 aromatic rings. The topological polar surface area (TPSA) is 74.2 Å². The van der Waals surface area contributed by atoms with Crippen molar-refractivity contribution in [2.24, 2.45) is 11.7 Å². The van der Waals surface area contributed by atoms with Crippen LogP contribution in [-0.2, 0) is 0 Å². The maximum atomic E-state index is 6.06. The summed E-state index contributed by atoms with van der Waals surface area (Å²) in [5.41, 5.74) is 7.17. The van der Waals surface area contributed by atoms with Gasteiger partial charge in [0.2, 0.25) is 5.89 Å². The summed E-state index contributed by atoms with van der Waals surface area (Å²) >= 11 is 0. The van der Waals surface area contributed by atoms with Gasteiger partial charge in [-0.25, -0.2) is 0 Å². The molecule has 21 heavy (non-hydrogen) atoms. The zero-order valence-electron chi connectivity index (χ0n) is 12.6. The average Bonchev–Trinajstić information content (AvgIpc) is 3.04. The highest BCUT2D eigenvalue weighted by Crippen LogP contribution is 2.37. The molecule has 0 fully saturated rings.